The van der Waals surface area contributed by atoms with E-state index >= 15 is 0 Å². The van der Waals surface area contributed by atoms with E-state index in [-0.39, 0.29) is 24.8 Å². The number of rotatable bonds is 1. The number of piperidine rings is 2. The molecular weight excluding hydrogens is 243 g/mol. The van der Waals surface area contributed by atoms with Crippen LogP contribution >= 0.6 is 24.8 Å². The number of nitrogens with one attached hydrogen (secondary N) is 1. The molecule has 96 valence electrons. The van der Waals surface area contributed by atoms with Crippen LogP contribution in [-0.4, -0.2) is 36.1 Å². The minimum atomic E-state index is 0. The van der Waals surface area contributed by atoms with Gasteiger partial charge >= 0.3 is 0 Å². The van der Waals surface area contributed by atoms with Crippen LogP contribution in [-0.2, 0) is 0 Å². The predicted octanol–water partition coefficient (Wildman–Crippen LogP) is 2.60. The van der Waals surface area contributed by atoms with Gasteiger partial charge < -0.3 is 10.2 Å². The van der Waals surface area contributed by atoms with Crippen molar-refractivity contribution in [3.05, 3.63) is 0 Å². The highest BCUT2D eigenvalue weighted by atomic mass is 35.5. The molecule has 1 N–H and O–H groups in total. The predicted molar refractivity (Wildman–Crippen MR) is 72.9 cm³/mol. The quantitative estimate of drug-likeness (QED) is 0.785. The SMILES string of the molecule is C1CCN(C2C[C@H]3CC[C@@H](C2)N3)CC1.Cl.Cl. The first kappa shape index (κ1) is 14.6. The van der Waals surface area contributed by atoms with Crippen molar-refractivity contribution in [1.29, 1.82) is 0 Å². The summed E-state index contributed by atoms with van der Waals surface area (Å²) in [5.41, 5.74) is 0. The third-order valence-corrected chi connectivity index (χ3v) is 4.36. The molecule has 0 spiro atoms. The van der Waals surface area contributed by atoms with Gasteiger partial charge in [-0.1, -0.05) is 6.42 Å². The lowest BCUT2D eigenvalue weighted by Crippen LogP contribution is -2.49. The molecule has 2 bridgehead atoms. The zero-order valence-corrected chi connectivity index (χ0v) is 11.5. The number of halogens is 2. The maximum atomic E-state index is 3.73. The molecule has 1 unspecified atom stereocenters. The highest BCUT2D eigenvalue weighted by Crippen LogP contribution is 2.30. The molecule has 16 heavy (non-hydrogen) atoms. The Hall–Kier alpha value is 0.500. The van der Waals surface area contributed by atoms with Crippen LogP contribution in [0.3, 0.4) is 0 Å². The molecule has 3 saturated heterocycles. The summed E-state index contributed by atoms with van der Waals surface area (Å²) < 4.78 is 0. The highest BCUT2D eigenvalue weighted by molar-refractivity contribution is 5.85. The van der Waals surface area contributed by atoms with E-state index in [1.807, 2.05) is 0 Å². The molecule has 4 heteroatoms. The standard InChI is InChI=1S/C12H22N2.2ClH/c1-2-6-14(7-3-1)12-8-10-4-5-11(9-12)13-10;;/h10-13H,1-9H2;2*1H/t10-,11+,12?;;. The maximum absolute atomic E-state index is 3.73. The lowest BCUT2D eigenvalue weighted by Gasteiger charge is -2.39. The van der Waals surface area contributed by atoms with Crippen LogP contribution in [0.4, 0.5) is 0 Å². The van der Waals surface area contributed by atoms with Crippen molar-refractivity contribution >= 4 is 24.8 Å². The van der Waals surface area contributed by atoms with Crippen LogP contribution in [0, 0.1) is 0 Å². The number of likely N-dealkylation sites (tertiary alicyclic amines) is 1. The van der Waals surface area contributed by atoms with Gasteiger partial charge in [-0.25, -0.2) is 0 Å². The fraction of sp³-hybridized carbons (Fsp3) is 1.00. The molecule has 3 rings (SSSR count). The van der Waals surface area contributed by atoms with Gasteiger partial charge in [0, 0.05) is 18.1 Å². The second-order valence-electron chi connectivity index (χ2n) is 5.36. The van der Waals surface area contributed by atoms with Crippen molar-refractivity contribution in [3.8, 4) is 0 Å². The van der Waals surface area contributed by atoms with Crippen molar-refractivity contribution < 1.29 is 0 Å². The largest absolute Gasteiger partial charge is 0.311 e. The van der Waals surface area contributed by atoms with E-state index in [1.54, 1.807) is 0 Å². The average molecular weight is 267 g/mol. The molecule has 0 aromatic rings. The number of hydrogen-bond acceptors (Lipinski definition) is 2. The summed E-state index contributed by atoms with van der Waals surface area (Å²) in [6, 6.07) is 2.65. The Kier molecular flexibility index (Phi) is 5.86. The van der Waals surface area contributed by atoms with Crippen LogP contribution in [0.25, 0.3) is 0 Å². The molecule has 0 radical (unpaired) electrons. The third kappa shape index (κ3) is 3.04. The van der Waals surface area contributed by atoms with Gasteiger partial charge in [-0.2, -0.15) is 0 Å². The summed E-state index contributed by atoms with van der Waals surface area (Å²) >= 11 is 0. The van der Waals surface area contributed by atoms with Gasteiger partial charge in [0.25, 0.3) is 0 Å². The highest BCUT2D eigenvalue weighted by Gasteiger charge is 2.35. The van der Waals surface area contributed by atoms with Crippen LogP contribution in [0.2, 0.25) is 0 Å². The van der Waals surface area contributed by atoms with E-state index in [9.17, 15) is 0 Å². The van der Waals surface area contributed by atoms with E-state index in [2.05, 4.69) is 10.2 Å². The fourth-order valence-electron chi connectivity index (χ4n) is 3.61. The first-order valence-corrected chi connectivity index (χ1v) is 6.42. The van der Waals surface area contributed by atoms with Gasteiger partial charge in [-0.15, -0.1) is 24.8 Å². The van der Waals surface area contributed by atoms with Crippen molar-refractivity contribution in [2.45, 2.75) is 63.1 Å². The maximum Gasteiger partial charge on any atom is 0.0125 e. The second kappa shape index (κ2) is 6.44. The monoisotopic (exact) mass is 266 g/mol. The van der Waals surface area contributed by atoms with Gasteiger partial charge in [-0.3, -0.25) is 0 Å². The Morgan fingerprint density at radius 1 is 0.812 bits per heavy atom. The zero-order valence-electron chi connectivity index (χ0n) is 9.86. The first-order chi connectivity index (χ1) is 6.92. The average Bonchev–Trinajstić information content (AvgIpc) is 2.59. The molecule has 2 nitrogen and oxygen atoms in total. The first-order valence-electron chi connectivity index (χ1n) is 6.42. The van der Waals surface area contributed by atoms with Gasteiger partial charge in [0.2, 0.25) is 0 Å². The smallest absolute Gasteiger partial charge is 0.0125 e. The summed E-state index contributed by atoms with van der Waals surface area (Å²) in [7, 11) is 0. The lowest BCUT2D eigenvalue weighted by molar-refractivity contribution is 0.119. The van der Waals surface area contributed by atoms with Gasteiger partial charge in [0.15, 0.2) is 0 Å². The minimum absolute atomic E-state index is 0. The Morgan fingerprint density at radius 3 is 1.94 bits per heavy atom. The van der Waals surface area contributed by atoms with E-state index in [0.717, 1.165) is 18.1 Å². The number of hydrogen-bond donors (Lipinski definition) is 1. The molecule has 3 fully saturated rings. The normalized spacial score (nSPS) is 38.6. The van der Waals surface area contributed by atoms with Gasteiger partial charge in [0.05, 0.1) is 0 Å². The third-order valence-electron chi connectivity index (χ3n) is 4.36. The molecule has 3 atom stereocenters. The van der Waals surface area contributed by atoms with E-state index in [0.29, 0.717) is 0 Å². The molecule has 0 aromatic heterocycles. The molecular formula is C12H24Cl2N2. The molecule has 3 aliphatic heterocycles. The number of nitrogens with zero attached hydrogens (tertiary/aromatic N) is 1. The van der Waals surface area contributed by atoms with Crippen LogP contribution < -0.4 is 5.32 Å². The second-order valence-corrected chi connectivity index (χ2v) is 5.36. The van der Waals surface area contributed by atoms with E-state index in [4.69, 9.17) is 0 Å². The molecule has 3 heterocycles. The van der Waals surface area contributed by atoms with Crippen molar-refractivity contribution in [2.75, 3.05) is 13.1 Å². The number of fused-ring (bicyclic) bond motifs is 2. The molecule has 3 aliphatic rings. The summed E-state index contributed by atoms with van der Waals surface area (Å²) in [5.74, 6) is 0. The topological polar surface area (TPSA) is 15.3 Å². The molecule has 0 aromatic carbocycles. The zero-order chi connectivity index (χ0) is 9.38. The van der Waals surface area contributed by atoms with Crippen LogP contribution in [0.1, 0.15) is 44.9 Å². The van der Waals surface area contributed by atoms with Gasteiger partial charge in [0.1, 0.15) is 0 Å². The van der Waals surface area contributed by atoms with Crippen LogP contribution in [0.15, 0.2) is 0 Å². The Bertz CT molecular complexity index is 195. The van der Waals surface area contributed by atoms with Crippen molar-refractivity contribution in [2.24, 2.45) is 0 Å². The molecule has 0 aliphatic carbocycles. The minimum Gasteiger partial charge on any atom is -0.311 e. The Labute approximate surface area is 111 Å². The van der Waals surface area contributed by atoms with Crippen LogP contribution in [0.5, 0.6) is 0 Å². The summed E-state index contributed by atoms with van der Waals surface area (Å²) in [4.78, 5) is 2.77. The van der Waals surface area contributed by atoms with Crippen molar-refractivity contribution in [1.82, 2.24) is 10.2 Å². The summed E-state index contributed by atoms with van der Waals surface area (Å²) in [6.45, 7) is 2.76. The summed E-state index contributed by atoms with van der Waals surface area (Å²) in [6.07, 6.45) is 10.1. The Morgan fingerprint density at radius 2 is 1.38 bits per heavy atom. The molecule has 0 saturated carbocycles. The summed E-state index contributed by atoms with van der Waals surface area (Å²) in [5, 5.41) is 3.73. The van der Waals surface area contributed by atoms with E-state index < -0.39 is 0 Å². The molecule has 0 amide bonds. The van der Waals surface area contributed by atoms with Crippen molar-refractivity contribution in [3.63, 3.8) is 0 Å². The lowest BCUT2D eigenvalue weighted by atomic mass is 9.96. The van der Waals surface area contributed by atoms with E-state index in [1.165, 1.54) is 58.0 Å². The van der Waals surface area contributed by atoms with Gasteiger partial charge in [-0.05, 0) is 51.6 Å². The fourth-order valence-corrected chi connectivity index (χ4v) is 3.61. The Balaban J connectivity index is 0.000000640.